The van der Waals surface area contributed by atoms with Crippen molar-refractivity contribution in [2.45, 2.75) is 27.7 Å². The smallest absolute Gasteiger partial charge is 0.355 e. The molecule has 0 fully saturated rings. The van der Waals surface area contributed by atoms with Crippen LogP contribution in [-0.2, 0) is 14.3 Å². The maximum absolute atomic E-state index is 12.2. The summed E-state index contributed by atoms with van der Waals surface area (Å²) in [7, 11) is 1.27. The molecule has 1 amide bonds. The predicted octanol–water partition coefficient (Wildman–Crippen LogP) is 2.83. The highest BCUT2D eigenvalue weighted by Gasteiger charge is 2.23. The molecule has 0 spiro atoms. The van der Waals surface area contributed by atoms with E-state index < -0.39 is 24.5 Å². The summed E-state index contributed by atoms with van der Waals surface area (Å²) in [4.78, 5) is 38.8. The molecule has 0 atom stereocenters. The molecule has 0 aliphatic rings. The second-order valence-corrected chi connectivity index (χ2v) is 6.12. The summed E-state index contributed by atoms with van der Waals surface area (Å²) in [6.45, 7) is 6.69. The quantitative estimate of drug-likeness (QED) is 0.801. The molecule has 2 rings (SSSR count). The number of hydrogen-bond donors (Lipinski definition) is 2. The topological polar surface area (TPSA) is 97.5 Å². The number of rotatable bonds is 5. The van der Waals surface area contributed by atoms with Crippen molar-refractivity contribution in [1.29, 1.82) is 0 Å². The van der Waals surface area contributed by atoms with Crippen LogP contribution in [0.4, 0.5) is 5.69 Å². The fourth-order valence-electron chi connectivity index (χ4n) is 2.81. The summed E-state index contributed by atoms with van der Waals surface area (Å²) < 4.78 is 9.75. The van der Waals surface area contributed by atoms with Crippen molar-refractivity contribution in [3.63, 3.8) is 0 Å². The number of H-pyrrole nitrogens is 1. The lowest BCUT2D eigenvalue weighted by atomic mass is 10.1. The Bertz CT molecular complexity index is 847. The fraction of sp³-hybridized carbons (Fsp3) is 0.316. The van der Waals surface area contributed by atoms with Crippen LogP contribution in [0.15, 0.2) is 18.2 Å². The minimum absolute atomic E-state index is 0.127. The molecule has 0 radical (unpaired) electrons. The molecule has 1 heterocycles. The molecule has 0 unspecified atom stereocenters. The van der Waals surface area contributed by atoms with E-state index in [0.717, 1.165) is 11.1 Å². The predicted molar refractivity (Wildman–Crippen MR) is 96.4 cm³/mol. The first kappa shape index (κ1) is 19.2. The monoisotopic (exact) mass is 358 g/mol. The van der Waals surface area contributed by atoms with Gasteiger partial charge in [0.25, 0.3) is 5.91 Å². The van der Waals surface area contributed by atoms with Gasteiger partial charge >= 0.3 is 11.9 Å². The zero-order valence-corrected chi connectivity index (χ0v) is 15.5. The molecule has 0 bridgehead atoms. The van der Waals surface area contributed by atoms with Gasteiger partial charge in [-0.15, -0.1) is 0 Å². The maximum atomic E-state index is 12.2. The number of ether oxygens (including phenoxy) is 2. The molecule has 7 nitrogen and oxygen atoms in total. The van der Waals surface area contributed by atoms with Crippen molar-refractivity contribution in [3.8, 4) is 0 Å². The summed E-state index contributed by atoms with van der Waals surface area (Å²) >= 11 is 0. The zero-order chi connectivity index (χ0) is 19.4. The lowest BCUT2D eigenvalue weighted by molar-refractivity contribution is -0.119. The summed E-state index contributed by atoms with van der Waals surface area (Å²) in [6.07, 6.45) is 0. The van der Waals surface area contributed by atoms with Crippen molar-refractivity contribution in [1.82, 2.24) is 4.98 Å². The van der Waals surface area contributed by atoms with E-state index in [-0.39, 0.29) is 5.69 Å². The number of methoxy groups -OCH3 is 1. The maximum Gasteiger partial charge on any atom is 0.355 e. The van der Waals surface area contributed by atoms with Crippen molar-refractivity contribution >= 4 is 23.5 Å². The Morgan fingerprint density at radius 3 is 2.19 bits per heavy atom. The molecule has 0 aliphatic heterocycles. The molecule has 1 aromatic heterocycles. The number of benzene rings is 1. The molecule has 0 aliphatic carbocycles. The van der Waals surface area contributed by atoms with E-state index in [4.69, 9.17) is 9.47 Å². The largest absolute Gasteiger partial charge is 0.465 e. The Labute approximate surface area is 151 Å². The number of aromatic nitrogens is 1. The van der Waals surface area contributed by atoms with Crippen LogP contribution in [-0.4, -0.2) is 36.5 Å². The van der Waals surface area contributed by atoms with E-state index >= 15 is 0 Å². The zero-order valence-electron chi connectivity index (χ0n) is 15.5. The molecule has 0 saturated carbocycles. The number of nitrogens with one attached hydrogen (secondary N) is 2. The number of carbonyl (C=O) groups is 3. The van der Waals surface area contributed by atoms with E-state index in [9.17, 15) is 14.4 Å². The van der Waals surface area contributed by atoms with E-state index in [1.54, 1.807) is 13.8 Å². The molecule has 0 saturated heterocycles. The number of esters is 2. The van der Waals surface area contributed by atoms with Crippen LogP contribution < -0.4 is 5.32 Å². The molecular formula is C19H22N2O5. The molecule has 2 N–H and O–H groups in total. The van der Waals surface area contributed by atoms with Gasteiger partial charge in [-0.1, -0.05) is 6.07 Å². The third-order valence-corrected chi connectivity index (χ3v) is 3.87. The Hall–Kier alpha value is -3.09. The fourth-order valence-corrected chi connectivity index (χ4v) is 2.81. The highest BCUT2D eigenvalue weighted by Crippen LogP contribution is 2.19. The van der Waals surface area contributed by atoms with E-state index in [2.05, 4.69) is 10.3 Å². The van der Waals surface area contributed by atoms with Gasteiger partial charge in [0.1, 0.15) is 5.69 Å². The van der Waals surface area contributed by atoms with Crippen LogP contribution in [0.2, 0.25) is 0 Å². The SMILES string of the molecule is COC(=O)c1c(C)[nH]c(C(=O)OCC(=O)Nc2cc(C)cc(C)c2)c1C. The molecule has 7 heteroatoms. The van der Waals surface area contributed by atoms with Gasteiger partial charge in [-0.2, -0.15) is 0 Å². The van der Waals surface area contributed by atoms with Crippen LogP contribution >= 0.6 is 0 Å². The molecule has 138 valence electrons. The molecule has 26 heavy (non-hydrogen) atoms. The van der Waals surface area contributed by atoms with Gasteiger partial charge in [-0.05, 0) is 56.5 Å². The van der Waals surface area contributed by atoms with E-state index in [0.29, 0.717) is 22.5 Å². The number of aryl methyl sites for hydroxylation is 3. The first-order valence-electron chi connectivity index (χ1n) is 8.05. The van der Waals surface area contributed by atoms with Gasteiger partial charge in [-0.3, -0.25) is 4.79 Å². The third-order valence-electron chi connectivity index (χ3n) is 3.87. The Morgan fingerprint density at radius 2 is 1.62 bits per heavy atom. The molecule has 2 aromatic rings. The van der Waals surface area contributed by atoms with Crippen molar-refractivity contribution in [3.05, 3.63) is 51.8 Å². The highest BCUT2D eigenvalue weighted by molar-refractivity contribution is 5.99. The third kappa shape index (κ3) is 4.30. The Kier molecular flexibility index (Phi) is 5.82. The second-order valence-electron chi connectivity index (χ2n) is 6.12. The first-order valence-corrected chi connectivity index (χ1v) is 8.05. The lowest BCUT2D eigenvalue weighted by Crippen LogP contribution is -2.21. The number of aromatic amines is 1. The average Bonchev–Trinajstić information content (AvgIpc) is 2.85. The van der Waals surface area contributed by atoms with Crippen molar-refractivity contribution < 1.29 is 23.9 Å². The first-order chi connectivity index (χ1) is 12.2. The lowest BCUT2D eigenvalue weighted by Gasteiger charge is -2.08. The minimum atomic E-state index is -0.712. The van der Waals surface area contributed by atoms with Crippen molar-refractivity contribution in [2.75, 3.05) is 19.0 Å². The van der Waals surface area contributed by atoms with E-state index in [1.807, 2.05) is 32.0 Å². The van der Waals surface area contributed by atoms with Gasteiger partial charge in [0.15, 0.2) is 6.61 Å². The van der Waals surface area contributed by atoms with Crippen LogP contribution in [0.3, 0.4) is 0 Å². The standard InChI is InChI=1S/C19H22N2O5/c1-10-6-11(2)8-14(7-10)21-15(22)9-26-19(24)17-12(3)16(13(4)20-17)18(23)25-5/h6-8,20H,9H2,1-5H3,(H,21,22). The van der Waals surface area contributed by atoms with Crippen LogP contribution in [0, 0.1) is 27.7 Å². The second kappa shape index (κ2) is 7.86. The van der Waals surface area contributed by atoms with Gasteiger partial charge in [-0.25, -0.2) is 9.59 Å². The van der Waals surface area contributed by atoms with E-state index in [1.165, 1.54) is 7.11 Å². The Morgan fingerprint density at radius 1 is 1.00 bits per heavy atom. The van der Waals surface area contributed by atoms with Crippen LogP contribution in [0.5, 0.6) is 0 Å². The highest BCUT2D eigenvalue weighted by atomic mass is 16.5. The van der Waals surface area contributed by atoms with Gasteiger partial charge < -0.3 is 19.8 Å². The normalized spacial score (nSPS) is 10.3. The minimum Gasteiger partial charge on any atom is -0.465 e. The summed E-state index contributed by atoms with van der Waals surface area (Å²) in [5, 5.41) is 2.69. The molecule has 1 aromatic carbocycles. The van der Waals surface area contributed by atoms with Crippen molar-refractivity contribution in [2.24, 2.45) is 0 Å². The summed E-state index contributed by atoms with van der Waals surface area (Å²) in [6, 6.07) is 5.65. The van der Waals surface area contributed by atoms with Gasteiger partial charge in [0.05, 0.1) is 12.7 Å². The number of carbonyl (C=O) groups excluding carboxylic acids is 3. The number of amides is 1. The van der Waals surface area contributed by atoms with Crippen LogP contribution in [0.1, 0.15) is 43.2 Å². The summed E-state index contributed by atoms with van der Waals surface area (Å²) in [5.74, 6) is -1.70. The molecular weight excluding hydrogens is 336 g/mol. The van der Waals surface area contributed by atoms with Gasteiger partial charge in [0.2, 0.25) is 0 Å². The number of hydrogen-bond acceptors (Lipinski definition) is 5. The van der Waals surface area contributed by atoms with Crippen LogP contribution in [0.25, 0.3) is 0 Å². The summed E-state index contributed by atoms with van der Waals surface area (Å²) in [5.41, 5.74) is 4.02. The Balaban J connectivity index is 2.02. The number of anilines is 1. The van der Waals surface area contributed by atoms with Gasteiger partial charge in [0, 0.05) is 11.4 Å². The average molecular weight is 358 g/mol.